The summed E-state index contributed by atoms with van der Waals surface area (Å²) in [4.78, 5) is 52.9. The summed E-state index contributed by atoms with van der Waals surface area (Å²) in [6.07, 6.45) is 10.5. The third-order valence-corrected chi connectivity index (χ3v) is 8.77. The summed E-state index contributed by atoms with van der Waals surface area (Å²) in [5, 5.41) is 6.32. The summed E-state index contributed by atoms with van der Waals surface area (Å²) < 4.78 is 1.96. The number of likely N-dealkylation sites (N-methyl/N-ethyl adjacent to an activating group) is 1. The van der Waals surface area contributed by atoms with E-state index in [1.54, 1.807) is 30.6 Å². The number of fused-ring (bicyclic) bond motifs is 1. The molecule has 228 valence electrons. The summed E-state index contributed by atoms with van der Waals surface area (Å²) in [6, 6.07) is 10.6. The first kappa shape index (κ1) is 31.1. The molecule has 4 heterocycles. The molecule has 1 fully saturated rings. The van der Waals surface area contributed by atoms with Crippen LogP contribution in [0.15, 0.2) is 73.6 Å². The smallest absolute Gasteiger partial charge is 0.268 e. The number of para-hydroxylation sites is 1. The molecule has 4 aromatic rings. The van der Waals surface area contributed by atoms with Crippen LogP contribution < -0.4 is 10.6 Å². The third kappa shape index (κ3) is 7.07. The first-order chi connectivity index (χ1) is 21.2. The van der Waals surface area contributed by atoms with Crippen molar-refractivity contribution < 1.29 is 14.4 Å². The number of anilines is 2. The number of likely N-dealkylation sites (tertiary alicyclic amines) is 1. The Labute approximate surface area is 265 Å². The largest absolute Gasteiger partial charge is 0.337 e. The SMILES string of the molecule is C=CC(=O)Nc1cc(C(=O)Nc2nc3cccc(Cl)c3n2[C@@H]2CCCCN(C(=O)/C=C/CN(C)C)C2)sc1-c1ccncc1. The molecule has 44 heavy (non-hydrogen) atoms. The highest BCUT2D eigenvalue weighted by Gasteiger charge is 2.28. The van der Waals surface area contributed by atoms with Crippen molar-refractivity contribution in [2.75, 3.05) is 44.4 Å². The maximum atomic E-state index is 13.8. The van der Waals surface area contributed by atoms with E-state index in [1.807, 2.05) is 58.8 Å². The summed E-state index contributed by atoms with van der Waals surface area (Å²) >= 11 is 7.96. The standard InChI is InChI=1S/C32H34ClN7O3S/c1-4-27(41)35-25-19-26(44-30(25)21-13-15-34-16-14-21)31(43)37-32-36-24-11-7-10-23(33)29(24)40(32)22-9-5-6-18-39(20-22)28(42)12-8-17-38(2)3/h4,7-8,10-16,19,22H,1,5-6,9,17-18,20H2,2-3H3,(H,35,41)(H,36,37,43)/b12-8+/t22-/m1/s1. The Balaban J connectivity index is 1.49. The number of hydrogen-bond acceptors (Lipinski definition) is 7. The molecule has 0 spiro atoms. The monoisotopic (exact) mass is 631 g/mol. The minimum atomic E-state index is -0.384. The maximum Gasteiger partial charge on any atom is 0.268 e. The van der Waals surface area contributed by atoms with Gasteiger partial charge >= 0.3 is 0 Å². The molecular formula is C32H34ClN7O3S. The maximum absolute atomic E-state index is 13.8. The van der Waals surface area contributed by atoms with Crippen LogP contribution in [0.4, 0.5) is 11.6 Å². The molecule has 3 amide bonds. The van der Waals surface area contributed by atoms with Crippen molar-refractivity contribution in [3.63, 3.8) is 0 Å². The summed E-state index contributed by atoms with van der Waals surface area (Å²) in [5.74, 6) is -0.469. The molecule has 0 radical (unpaired) electrons. The number of rotatable bonds is 9. The second kappa shape index (κ2) is 14.0. The Morgan fingerprint density at radius 1 is 1.16 bits per heavy atom. The molecule has 0 saturated carbocycles. The van der Waals surface area contributed by atoms with Crippen LogP contribution in [0.1, 0.15) is 35.0 Å². The highest BCUT2D eigenvalue weighted by atomic mass is 35.5. The molecule has 1 atom stereocenters. The van der Waals surface area contributed by atoms with E-state index in [4.69, 9.17) is 16.6 Å². The zero-order valence-corrected chi connectivity index (χ0v) is 26.2. The molecule has 0 bridgehead atoms. The van der Waals surface area contributed by atoms with Gasteiger partial charge in [-0.25, -0.2) is 4.98 Å². The number of benzene rings is 1. The van der Waals surface area contributed by atoms with Crippen LogP contribution in [0.25, 0.3) is 21.5 Å². The van der Waals surface area contributed by atoms with E-state index in [2.05, 4.69) is 22.2 Å². The number of amides is 3. The molecule has 1 aliphatic heterocycles. The van der Waals surface area contributed by atoms with Gasteiger partial charge in [0.15, 0.2) is 0 Å². The number of imidazole rings is 1. The molecule has 1 saturated heterocycles. The van der Waals surface area contributed by atoms with Gasteiger partial charge in [0.1, 0.15) is 0 Å². The van der Waals surface area contributed by atoms with Gasteiger partial charge in [0.2, 0.25) is 17.8 Å². The zero-order valence-electron chi connectivity index (χ0n) is 24.6. The van der Waals surface area contributed by atoms with E-state index >= 15 is 0 Å². The fraction of sp³-hybridized carbons (Fsp3) is 0.281. The molecule has 1 aromatic carbocycles. The van der Waals surface area contributed by atoms with E-state index in [9.17, 15) is 14.4 Å². The fourth-order valence-electron chi connectivity index (χ4n) is 5.21. The van der Waals surface area contributed by atoms with Crippen LogP contribution in [0.2, 0.25) is 5.02 Å². The summed E-state index contributed by atoms with van der Waals surface area (Å²) in [7, 11) is 3.91. The molecule has 5 rings (SSSR count). The number of nitrogens with one attached hydrogen (secondary N) is 2. The lowest BCUT2D eigenvalue weighted by Crippen LogP contribution is -2.34. The van der Waals surface area contributed by atoms with Gasteiger partial charge in [0.05, 0.1) is 37.5 Å². The lowest BCUT2D eigenvalue weighted by Gasteiger charge is -2.26. The molecule has 10 nitrogen and oxygen atoms in total. The van der Waals surface area contributed by atoms with E-state index < -0.39 is 0 Å². The number of aromatic nitrogens is 3. The van der Waals surface area contributed by atoms with Gasteiger partial charge in [0, 0.05) is 38.1 Å². The van der Waals surface area contributed by atoms with Crippen LogP contribution in [-0.4, -0.2) is 75.8 Å². The first-order valence-corrected chi connectivity index (χ1v) is 15.5. The van der Waals surface area contributed by atoms with E-state index in [1.165, 1.54) is 17.4 Å². The van der Waals surface area contributed by atoms with Crippen molar-refractivity contribution >= 4 is 63.3 Å². The van der Waals surface area contributed by atoms with E-state index in [-0.39, 0.29) is 23.8 Å². The Morgan fingerprint density at radius 2 is 1.95 bits per heavy atom. The topological polar surface area (TPSA) is 112 Å². The number of hydrogen-bond donors (Lipinski definition) is 2. The third-order valence-electron chi connectivity index (χ3n) is 7.28. The average molecular weight is 632 g/mol. The predicted molar refractivity (Wildman–Crippen MR) is 176 cm³/mol. The van der Waals surface area contributed by atoms with Gasteiger partial charge in [-0.3, -0.25) is 24.7 Å². The Bertz CT molecular complexity index is 1710. The first-order valence-electron chi connectivity index (χ1n) is 14.3. The van der Waals surface area contributed by atoms with Crippen molar-refractivity contribution in [2.24, 2.45) is 0 Å². The molecule has 2 N–H and O–H groups in total. The molecule has 12 heteroatoms. The van der Waals surface area contributed by atoms with Crippen molar-refractivity contribution in [2.45, 2.75) is 25.3 Å². The van der Waals surface area contributed by atoms with Crippen molar-refractivity contribution in [1.29, 1.82) is 0 Å². The van der Waals surface area contributed by atoms with E-state index in [0.29, 0.717) is 57.1 Å². The molecule has 0 unspecified atom stereocenters. The number of carbonyl (C=O) groups excluding carboxylic acids is 3. The van der Waals surface area contributed by atoms with Crippen molar-refractivity contribution in [3.05, 3.63) is 83.5 Å². The fourth-order valence-corrected chi connectivity index (χ4v) is 6.49. The Kier molecular flexibility index (Phi) is 9.89. The summed E-state index contributed by atoms with van der Waals surface area (Å²) in [5.41, 5.74) is 2.65. The second-order valence-electron chi connectivity index (χ2n) is 10.7. The quantitative estimate of drug-likeness (QED) is 0.224. The average Bonchev–Trinajstić information content (AvgIpc) is 3.50. The van der Waals surface area contributed by atoms with Crippen molar-refractivity contribution in [1.82, 2.24) is 24.3 Å². The van der Waals surface area contributed by atoms with Gasteiger partial charge in [-0.1, -0.05) is 30.3 Å². The van der Waals surface area contributed by atoms with Gasteiger partial charge in [-0.2, -0.15) is 0 Å². The van der Waals surface area contributed by atoms with Crippen LogP contribution in [-0.2, 0) is 9.59 Å². The molecule has 1 aliphatic rings. The van der Waals surface area contributed by atoms with Crippen LogP contribution >= 0.6 is 22.9 Å². The van der Waals surface area contributed by atoms with E-state index in [0.717, 1.165) is 24.8 Å². The number of pyridine rings is 1. The number of thiophene rings is 1. The zero-order chi connectivity index (χ0) is 31.2. The number of halogens is 1. The van der Waals surface area contributed by atoms with Gasteiger partial charge < -0.3 is 19.7 Å². The molecular weight excluding hydrogens is 598 g/mol. The Morgan fingerprint density at radius 3 is 2.70 bits per heavy atom. The minimum Gasteiger partial charge on any atom is -0.337 e. The normalized spacial score (nSPS) is 15.5. The minimum absolute atomic E-state index is 0.0452. The molecule has 0 aliphatic carbocycles. The van der Waals surface area contributed by atoms with Gasteiger partial charge in [0.25, 0.3) is 5.91 Å². The highest BCUT2D eigenvalue weighted by molar-refractivity contribution is 7.18. The van der Waals surface area contributed by atoms with Gasteiger partial charge in [-0.15, -0.1) is 11.3 Å². The second-order valence-corrected chi connectivity index (χ2v) is 12.2. The Hall–Kier alpha value is -4.32. The lowest BCUT2D eigenvalue weighted by molar-refractivity contribution is -0.126. The number of nitrogens with zero attached hydrogens (tertiary/aromatic N) is 5. The lowest BCUT2D eigenvalue weighted by atomic mass is 10.1. The highest BCUT2D eigenvalue weighted by Crippen LogP contribution is 2.38. The van der Waals surface area contributed by atoms with Gasteiger partial charge in [-0.05, 0) is 75.3 Å². The molecule has 3 aromatic heterocycles. The predicted octanol–water partition coefficient (Wildman–Crippen LogP) is 5.86. The van der Waals surface area contributed by atoms with Crippen molar-refractivity contribution in [3.8, 4) is 10.4 Å². The van der Waals surface area contributed by atoms with Crippen LogP contribution in [0.5, 0.6) is 0 Å². The number of carbonyl (C=O) groups is 3. The van der Waals surface area contributed by atoms with Crippen LogP contribution in [0.3, 0.4) is 0 Å². The summed E-state index contributed by atoms with van der Waals surface area (Å²) in [6.45, 7) is 5.31. The van der Waals surface area contributed by atoms with Crippen LogP contribution in [0, 0.1) is 0 Å².